The largest absolute Gasteiger partial charge is 4.00 e. The van der Waals surface area contributed by atoms with Crippen LogP contribution in [0.4, 0.5) is 0 Å². The fraction of sp³-hybridized carbons (Fsp3) is 0. The molecule has 1 heteroatoms. The summed E-state index contributed by atoms with van der Waals surface area (Å²) in [6, 6.07) is 40.0. The van der Waals surface area contributed by atoms with Gasteiger partial charge in [0.15, 0.2) is 0 Å². The molecule has 0 radical (unpaired) electrons. The van der Waals surface area contributed by atoms with E-state index in [1.807, 2.05) is 121 Å². The van der Waals surface area contributed by atoms with E-state index in [-0.39, 0.29) is 41.7 Å². The van der Waals surface area contributed by atoms with Crippen molar-refractivity contribution in [3.63, 3.8) is 0 Å². The van der Waals surface area contributed by atoms with Crippen LogP contribution >= 0.6 is 0 Å². The first-order chi connectivity index (χ1) is 10.0. The summed E-state index contributed by atoms with van der Waals surface area (Å²) in [5.41, 5.74) is 0. The van der Waals surface area contributed by atoms with Crippen LogP contribution in [-0.2, 0) is 0 Å². The Bertz CT molecular complexity index is 337. The van der Waals surface area contributed by atoms with Crippen LogP contribution in [0, 0.1) is 41.7 Å². The van der Waals surface area contributed by atoms with Crippen molar-refractivity contribution >= 4 is 0 Å². The summed E-state index contributed by atoms with van der Waals surface area (Å²) in [6.07, 6.45) is 0. The molecule has 0 nitrogen and oxygen atoms in total. The van der Waals surface area contributed by atoms with Gasteiger partial charge in [0.1, 0.15) is 0 Å². The predicted molar refractivity (Wildman–Crippen MR) is 88.1 cm³/mol. The molecule has 0 aliphatic heterocycles. The van der Waals surface area contributed by atoms with Gasteiger partial charge in [-0.3, -0.25) is 0 Å². The average molecular weight is 400 g/mol. The SMILES string of the molecule is [Ce+4].c1cc[cH-]c1.c1cc[cH-]c1.c1cc[cH-]c1.c1cc[cH-]c1. The van der Waals surface area contributed by atoms with E-state index in [1.165, 1.54) is 0 Å². The van der Waals surface area contributed by atoms with Gasteiger partial charge in [0.25, 0.3) is 0 Å². The number of hydrogen-bond acceptors (Lipinski definition) is 0. The Kier molecular flexibility index (Phi) is 15.8. The second-order valence-corrected chi connectivity index (χ2v) is 3.85. The van der Waals surface area contributed by atoms with E-state index in [2.05, 4.69) is 0 Å². The van der Waals surface area contributed by atoms with Gasteiger partial charge in [-0.05, 0) is 0 Å². The maximum absolute atomic E-state index is 2.00. The molecule has 21 heavy (non-hydrogen) atoms. The average Bonchev–Trinajstić information content (AvgIpc) is 3.40. The van der Waals surface area contributed by atoms with Gasteiger partial charge in [0.2, 0.25) is 0 Å². The third-order valence-corrected chi connectivity index (χ3v) is 2.22. The Labute approximate surface area is 161 Å². The molecule has 4 rings (SSSR count). The molecule has 0 amide bonds. The van der Waals surface area contributed by atoms with Crippen LogP contribution in [-0.4, -0.2) is 0 Å². The van der Waals surface area contributed by atoms with E-state index < -0.39 is 0 Å². The number of hydrogen-bond donors (Lipinski definition) is 0. The van der Waals surface area contributed by atoms with Crippen molar-refractivity contribution < 1.29 is 41.7 Å². The fourth-order valence-electron chi connectivity index (χ4n) is 1.28. The van der Waals surface area contributed by atoms with Crippen molar-refractivity contribution in [2.24, 2.45) is 0 Å². The molecule has 0 atom stereocenters. The molecule has 0 spiro atoms. The molecule has 0 fully saturated rings. The second kappa shape index (κ2) is 16.8. The maximum Gasteiger partial charge on any atom is 4.00 e. The summed E-state index contributed by atoms with van der Waals surface area (Å²) in [6.45, 7) is 0. The van der Waals surface area contributed by atoms with E-state index in [1.54, 1.807) is 0 Å². The van der Waals surface area contributed by atoms with Gasteiger partial charge in [0, 0.05) is 0 Å². The van der Waals surface area contributed by atoms with E-state index in [0.717, 1.165) is 0 Å². The summed E-state index contributed by atoms with van der Waals surface area (Å²) in [5, 5.41) is 0. The fourth-order valence-corrected chi connectivity index (χ4v) is 1.28. The van der Waals surface area contributed by atoms with Crippen LogP contribution in [0.1, 0.15) is 0 Å². The van der Waals surface area contributed by atoms with Crippen LogP contribution in [0.15, 0.2) is 121 Å². The predicted octanol–water partition coefficient (Wildman–Crippen LogP) is 5.62. The van der Waals surface area contributed by atoms with Crippen LogP contribution in [0.3, 0.4) is 0 Å². The van der Waals surface area contributed by atoms with Gasteiger partial charge in [-0.25, -0.2) is 48.5 Å². The van der Waals surface area contributed by atoms with E-state index in [4.69, 9.17) is 0 Å². The monoisotopic (exact) mass is 400 g/mol. The molecule has 0 saturated carbocycles. The molecule has 0 bridgehead atoms. The molecule has 4 aromatic rings. The minimum Gasteiger partial charge on any atom is -0.214 e. The first-order valence-corrected chi connectivity index (χ1v) is 6.67. The van der Waals surface area contributed by atoms with Gasteiger partial charge >= 0.3 is 41.7 Å². The van der Waals surface area contributed by atoms with Crippen molar-refractivity contribution in [3.05, 3.63) is 121 Å². The summed E-state index contributed by atoms with van der Waals surface area (Å²) >= 11 is 0. The molecular weight excluding hydrogens is 380 g/mol. The molecule has 0 aliphatic carbocycles. The molecule has 0 saturated heterocycles. The Morgan fingerprint density at radius 2 is 0.429 bits per heavy atom. The third kappa shape index (κ3) is 15.0. The van der Waals surface area contributed by atoms with Gasteiger partial charge in [0.05, 0.1) is 0 Å². The van der Waals surface area contributed by atoms with Crippen molar-refractivity contribution in [3.8, 4) is 0 Å². The smallest absolute Gasteiger partial charge is 0.214 e. The molecule has 0 aromatic heterocycles. The zero-order valence-corrected chi connectivity index (χ0v) is 15.2. The molecular formula is C20H20Ce. The van der Waals surface area contributed by atoms with Crippen LogP contribution in [0.5, 0.6) is 0 Å². The molecule has 104 valence electrons. The van der Waals surface area contributed by atoms with E-state index in [9.17, 15) is 0 Å². The van der Waals surface area contributed by atoms with Gasteiger partial charge in [-0.2, -0.15) is 72.8 Å². The first kappa shape index (κ1) is 19.8. The van der Waals surface area contributed by atoms with Gasteiger partial charge in [-0.15, -0.1) is 0 Å². The molecule has 0 unspecified atom stereocenters. The number of rotatable bonds is 0. The Balaban J connectivity index is 0.000000250. The van der Waals surface area contributed by atoms with Crippen molar-refractivity contribution in [1.29, 1.82) is 0 Å². The quantitative estimate of drug-likeness (QED) is 0.336. The Morgan fingerprint density at radius 3 is 0.476 bits per heavy atom. The van der Waals surface area contributed by atoms with Crippen molar-refractivity contribution in [2.75, 3.05) is 0 Å². The van der Waals surface area contributed by atoms with Crippen LogP contribution in [0.25, 0.3) is 0 Å². The summed E-state index contributed by atoms with van der Waals surface area (Å²) < 4.78 is 0. The van der Waals surface area contributed by atoms with Gasteiger partial charge in [-0.1, -0.05) is 0 Å². The van der Waals surface area contributed by atoms with Crippen molar-refractivity contribution in [2.45, 2.75) is 0 Å². The summed E-state index contributed by atoms with van der Waals surface area (Å²) in [4.78, 5) is 0. The topological polar surface area (TPSA) is 0 Å². The second-order valence-electron chi connectivity index (χ2n) is 3.85. The van der Waals surface area contributed by atoms with E-state index in [0.29, 0.717) is 0 Å². The standard InChI is InChI=1S/4C5H5.Ce/c4*1-2-4-5-3-1;/h4*1-5H;/q4*-1;+4. The molecule has 0 N–H and O–H groups in total. The maximum atomic E-state index is 2.00. The Morgan fingerprint density at radius 1 is 0.286 bits per heavy atom. The zero-order chi connectivity index (χ0) is 14.1. The minimum absolute atomic E-state index is 0. The Hall–Kier alpha value is -1.22. The van der Waals surface area contributed by atoms with Gasteiger partial charge < -0.3 is 0 Å². The summed E-state index contributed by atoms with van der Waals surface area (Å²) in [7, 11) is 0. The molecule has 0 heterocycles. The molecule has 4 aromatic carbocycles. The zero-order valence-electron chi connectivity index (χ0n) is 12.0. The third-order valence-electron chi connectivity index (χ3n) is 2.22. The summed E-state index contributed by atoms with van der Waals surface area (Å²) in [5.74, 6) is 0. The van der Waals surface area contributed by atoms with E-state index >= 15 is 0 Å². The molecule has 0 aliphatic rings. The van der Waals surface area contributed by atoms with Crippen LogP contribution < -0.4 is 0 Å². The minimum atomic E-state index is 0. The van der Waals surface area contributed by atoms with Crippen molar-refractivity contribution in [1.82, 2.24) is 0 Å². The van der Waals surface area contributed by atoms with Crippen LogP contribution in [0.2, 0.25) is 0 Å². The first-order valence-electron chi connectivity index (χ1n) is 6.67. The normalized spacial score (nSPS) is 7.62.